The van der Waals surface area contributed by atoms with E-state index in [4.69, 9.17) is 21.1 Å². The number of hydrogen-bond donors (Lipinski definition) is 0. The van der Waals surface area contributed by atoms with Crippen LogP contribution in [0.2, 0.25) is 5.02 Å². The van der Waals surface area contributed by atoms with E-state index in [9.17, 15) is 4.79 Å². The third-order valence-electron chi connectivity index (χ3n) is 6.05. The van der Waals surface area contributed by atoms with Gasteiger partial charge in [0.2, 0.25) is 0 Å². The summed E-state index contributed by atoms with van der Waals surface area (Å²) in [6.07, 6.45) is 1.74. The molecule has 1 aromatic carbocycles. The summed E-state index contributed by atoms with van der Waals surface area (Å²) in [6.45, 7) is 7.75. The fourth-order valence-electron chi connectivity index (χ4n) is 4.45. The van der Waals surface area contributed by atoms with E-state index in [0.717, 1.165) is 40.0 Å². The maximum Gasteiger partial charge on any atom is 0.255 e. The zero-order valence-electron chi connectivity index (χ0n) is 18.2. The van der Waals surface area contributed by atoms with Crippen LogP contribution in [0.1, 0.15) is 21.7 Å². The molecule has 0 radical (unpaired) electrons. The van der Waals surface area contributed by atoms with Gasteiger partial charge in [-0.2, -0.15) is 0 Å². The van der Waals surface area contributed by atoms with E-state index in [1.54, 1.807) is 6.20 Å². The molecule has 0 N–H and O–H groups in total. The SMILES string of the molecule is Cc1cc(C(=O)N2CCN(c3ncccc3Cl)CC2)c(C)n1-c1ccc2c(c1)OCCO2. The molecule has 0 atom stereocenters. The molecule has 0 spiro atoms. The van der Waals surface area contributed by atoms with Crippen molar-refractivity contribution in [3.05, 3.63) is 64.6 Å². The standard InChI is InChI=1S/C24H25ClN4O3/c1-16-14-19(17(2)29(16)18-5-6-21-22(15-18)32-13-12-31-21)24(30)28-10-8-27(9-11-28)23-20(25)4-3-7-26-23/h3-7,14-15H,8-13H2,1-2H3. The molecule has 0 bridgehead atoms. The van der Waals surface area contributed by atoms with Gasteiger partial charge in [0.1, 0.15) is 19.0 Å². The molecule has 7 nitrogen and oxygen atoms in total. The number of aromatic nitrogens is 2. The zero-order valence-corrected chi connectivity index (χ0v) is 18.9. The van der Waals surface area contributed by atoms with Crippen LogP contribution >= 0.6 is 11.6 Å². The summed E-state index contributed by atoms with van der Waals surface area (Å²) in [5, 5.41) is 0.634. The van der Waals surface area contributed by atoms with Gasteiger partial charge in [0, 0.05) is 55.5 Å². The number of aryl methyl sites for hydroxylation is 1. The Bertz CT molecular complexity index is 1170. The molecule has 166 valence electrons. The van der Waals surface area contributed by atoms with E-state index in [-0.39, 0.29) is 5.91 Å². The first kappa shape index (κ1) is 20.7. The van der Waals surface area contributed by atoms with Gasteiger partial charge >= 0.3 is 0 Å². The van der Waals surface area contributed by atoms with Gasteiger partial charge in [0.25, 0.3) is 5.91 Å². The van der Waals surface area contributed by atoms with Crippen molar-refractivity contribution in [2.45, 2.75) is 13.8 Å². The largest absolute Gasteiger partial charge is 0.486 e. The molecule has 1 amide bonds. The third kappa shape index (κ3) is 3.66. The summed E-state index contributed by atoms with van der Waals surface area (Å²) in [5.41, 5.74) is 3.60. The molecule has 5 rings (SSSR count). The van der Waals surface area contributed by atoms with Gasteiger partial charge in [-0.15, -0.1) is 0 Å². The average Bonchev–Trinajstić information content (AvgIpc) is 3.12. The third-order valence-corrected chi connectivity index (χ3v) is 6.35. The Morgan fingerprint density at radius 1 is 1.00 bits per heavy atom. The lowest BCUT2D eigenvalue weighted by Crippen LogP contribution is -2.49. The minimum Gasteiger partial charge on any atom is -0.486 e. The summed E-state index contributed by atoms with van der Waals surface area (Å²) in [7, 11) is 0. The number of ether oxygens (including phenoxy) is 2. The number of benzene rings is 1. The maximum atomic E-state index is 13.4. The number of rotatable bonds is 3. The van der Waals surface area contributed by atoms with Crippen LogP contribution in [0, 0.1) is 13.8 Å². The normalized spacial score (nSPS) is 15.7. The van der Waals surface area contributed by atoms with Crippen molar-refractivity contribution >= 4 is 23.3 Å². The van der Waals surface area contributed by atoms with Crippen LogP contribution in [-0.4, -0.2) is 59.8 Å². The molecule has 4 heterocycles. The van der Waals surface area contributed by atoms with Gasteiger partial charge in [-0.1, -0.05) is 11.6 Å². The molecular formula is C24H25ClN4O3. The fraction of sp³-hybridized carbons (Fsp3) is 0.333. The van der Waals surface area contributed by atoms with E-state index < -0.39 is 0 Å². The number of pyridine rings is 1. The predicted molar refractivity (Wildman–Crippen MR) is 124 cm³/mol. The number of anilines is 1. The second-order valence-electron chi connectivity index (χ2n) is 8.04. The Balaban J connectivity index is 1.35. The Labute approximate surface area is 192 Å². The first-order chi connectivity index (χ1) is 15.5. The van der Waals surface area contributed by atoms with Crippen LogP contribution in [0.25, 0.3) is 5.69 Å². The summed E-state index contributed by atoms with van der Waals surface area (Å²) in [4.78, 5) is 21.8. The molecule has 2 aliphatic heterocycles. The second kappa shape index (κ2) is 8.39. The number of hydrogen-bond acceptors (Lipinski definition) is 5. The first-order valence-electron chi connectivity index (χ1n) is 10.8. The van der Waals surface area contributed by atoms with Crippen LogP contribution < -0.4 is 14.4 Å². The van der Waals surface area contributed by atoms with Crippen LogP contribution in [0.4, 0.5) is 5.82 Å². The lowest BCUT2D eigenvalue weighted by Gasteiger charge is -2.35. The van der Waals surface area contributed by atoms with Gasteiger partial charge in [-0.25, -0.2) is 4.98 Å². The Hall–Kier alpha value is -3.19. The lowest BCUT2D eigenvalue weighted by molar-refractivity contribution is 0.0746. The molecule has 8 heteroatoms. The highest BCUT2D eigenvalue weighted by molar-refractivity contribution is 6.32. The van der Waals surface area contributed by atoms with Crippen LogP contribution in [0.5, 0.6) is 11.5 Å². The van der Waals surface area contributed by atoms with Crippen molar-refractivity contribution in [2.75, 3.05) is 44.3 Å². The van der Waals surface area contributed by atoms with Crippen molar-refractivity contribution in [1.82, 2.24) is 14.5 Å². The first-order valence-corrected chi connectivity index (χ1v) is 11.1. The Morgan fingerprint density at radius 2 is 1.75 bits per heavy atom. The number of piperazine rings is 1. The quantitative estimate of drug-likeness (QED) is 0.603. The van der Waals surface area contributed by atoms with Crippen LogP contribution in [0.3, 0.4) is 0 Å². The lowest BCUT2D eigenvalue weighted by atomic mass is 10.2. The molecule has 0 unspecified atom stereocenters. The highest BCUT2D eigenvalue weighted by atomic mass is 35.5. The summed E-state index contributed by atoms with van der Waals surface area (Å²) in [5.74, 6) is 2.31. The summed E-state index contributed by atoms with van der Waals surface area (Å²) in [6, 6.07) is 11.5. The van der Waals surface area contributed by atoms with Gasteiger partial charge in [0.05, 0.1) is 10.6 Å². The van der Waals surface area contributed by atoms with Crippen molar-refractivity contribution in [3.63, 3.8) is 0 Å². The van der Waals surface area contributed by atoms with Crippen molar-refractivity contribution < 1.29 is 14.3 Å². The van der Waals surface area contributed by atoms with Crippen molar-refractivity contribution in [3.8, 4) is 17.2 Å². The van der Waals surface area contributed by atoms with Gasteiger partial charge in [-0.3, -0.25) is 4.79 Å². The van der Waals surface area contributed by atoms with E-state index in [1.165, 1.54) is 0 Å². The molecule has 2 aliphatic rings. The summed E-state index contributed by atoms with van der Waals surface area (Å²) >= 11 is 6.29. The number of amides is 1. The van der Waals surface area contributed by atoms with Crippen molar-refractivity contribution in [2.24, 2.45) is 0 Å². The monoisotopic (exact) mass is 452 g/mol. The Kier molecular flexibility index (Phi) is 5.43. The van der Waals surface area contributed by atoms with E-state index in [0.29, 0.717) is 44.4 Å². The smallest absolute Gasteiger partial charge is 0.255 e. The zero-order chi connectivity index (χ0) is 22.2. The number of carbonyl (C=O) groups excluding carboxylic acids is 1. The molecule has 2 aromatic heterocycles. The number of carbonyl (C=O) groups is 1. The van der Waals surface area contributed by atoms with Crippen molar-refractivity contribution in [1.29, 1.82) is 0 Å². The minimum absolute atomic E-state index is 0.0497. The topological polar surface area (TPSA) is 59.8 Å². The number of nitrogens with zero attached hydrogens (tertiary/aromatic N) is 4. The van der Waals surface area contributed by atoms with Crippen LogP contribution in [-0.2, 0) is 0 Å². The minimum atomic E-state index is 0.0497. The molecule has 3 aromatic rings. The average molecular weight is 453 g/mol. The summed E-state index contributed by atoms with van der Waals surface area (Å²) < 4.78 is 13.5. The Morgan fingerprint density at radius 3 is 2.50 bits per heavy atom. The van der Waals surface area contributed by atoms with E-state index in [2.05, 4.69) is 14.5 Å². The van der Waals surface area contributed by atoms with Gasteiger partial charge in [0.15, 0.2) is 11.5 Å². The van der Waals surface area contributed by atoms with Gasteiger partial charge < -0.3 is 23.8 Å². The predicted octanol–water partition coefficient (Wildman–Crippen LogP) is 3.88. The highest BCUT2D eigenvalue weighted by Crippen LogP contribution is 2.34. The highest BCUT2D eigenvalue weighted by Gasteiger charge is 2.27. The maximum absolute atomic E-state index is 13.4. The van der Waals surface area contributed by atoms with E-state index in [1.807, 2.05) is 55.1 Å². The molecule has 0 aliphatic carbocycles. The van der Waals surface area contributed by atoms with Gasteiger partial charge in [-0.05, 0) is 44.2 Å². The second-order valence-corrected chi connectivity index (χ2v) is 8.44. The molecule has 1 fully saturated rings. The number of halogens is 1. The molecule has 1 saturated heterocycles. The molecule has 32 heavy (non-hydrogen) atoms. The van der Waals surface area contributed by atoms with E-state index >= 15 is 0 Å². The number of fused-ring (bicyclic) bond motifs is 1. The molecular weight excluding hydrogens is 428 g/mol. The fourth-order valence-corrected chi connectivity index (χ4v) is 4.69. The van der Waals surface area contributed by atoms with Crippen LogP contribution in [0.15, 0.2) is 42.6 Å². The molecule has 0 saturated carbocycles.